The van der Waals surface area contributed by atoms with Gasteiger partial charge in [0.15, 0.2) is 0 Å². The normalized spacial score (nSPS) is 10.5. The Bertz CT molecular complexity index is 322. The lowest BCUT2D eigenvalue weighted by atomic mass is 10.4. The number of pyridine rings is 1. The van der Waals surface area contributed by atoms with E-state index in [4.69, 9.17) is 11.8 Å². The quantitative estimate of drug-likeness (QED) is 0.573. The molecular formula is C6H4ClN3. The molecule has 0 aliphatic rings. The van der Waals surface area contributed by atoms with Crippen molar-refractivity contribution in [3.05, 3.63) is 24.5 Å². The molecule has 2 aromatic rings. The van der Waals surface area contributed by atoms with Crippen LogP contribution in [0.5, 0.6) is 0 Å². The summed E-state index contributed by atoms with van der Waals surface area (Å²) in [6.07, 6.45) is 3.37. The number of halogens is 1. The van der Waals surface area contributed by atoms with Gasteiger partial charge in [0.1, 0.15) is 11.0 Å². The number of hydrogen-bond acceptors (Lipinski definition) is 2. The van der Waals surface area contributed by atoms with Crippen LogP contribution in [0.25, 0.3) is 11.0 Å². The van der Waals surface area contributed by atoms with E-state index in [2.05, 4.69) is 10.1 Å². The summed E-state index contributed by atoms with van der Waals surface area (Å²) >= 11 is 5.55. The van der Waals surface area contributed by atoms with E-state index in [1.807, 2.05) is 12.1 Å². The first-order chi connectivity index (χ1) is 4.86. The van der Waals surface area contributed by atoms with E-state index in [9.17, 15) is 0 Å². The third-order valence-electron chi connectivity index (χ3n) is 1.25. The third-order valence-corrected chi connectivity index (χ3v) is 1.42. The first kappa shape index (κ1) is 5.68. The van der Waals surface area contributed by atoms with Gasteiger partial charge in [-0.05, 0) is 12.1 Å². The van der Waals surface area contributed by atoms with Gasteiger partial charge in [0, 0.05) is 18.0 Å². The molecule has 0 fully saturated rings. The minimum atomic E-state index is 0.817. The summed E-state index contributed by atoms with van der Waals surface area (Å²) in [7, 11) is 0. The number of rotatable bonds is 0. The van der Waals surface area contributed by atoms with E-state index in [1.54, 1.807) is 12.4 Å². The predicted octanol–water partition coefficient (Wildman–Crippen LogP) is 1.43. The highest BCUT2D eigenvalue weighted by Gasteiger charge is 1.96. The van der Waals surface area contributed by atoms with Crippen molar-refractivity contribution in [2.24, 2.45) is 0 Å². The highest BCUT2D eigenvalue weighted by atomic mass is 35.5. The van der Waals surface area contributed by atoms with Gasteiger partial charge in [-0.3, -0.25) is 4.98 Å². The van der Waals surface area contributed by atoms with E-state index in [0.29, 0.717) is 0 Å². The minimum absolute atomic E-state index is 0.817. The van der Waals surface area contributed by atoms with Crippen LogP contribution in [-0.2, 0) is 0 Å². The standard InChI is InChI=1S/C6H4ClN3/c7-10-4-6-5(9-10)2-1-3-8-6/h1-4H. The van der Waals surface area contributed by atoms with Gasteiger partial charge in [-0.25, -0.2) is 0 Å². The van der Waals surface area contributed by atoms with Gasteiger partial charge < -0.3 is 0 Å². The molecule has 0 unspecified atom stereocenters. The Kier molecular flexibility index (Phi) is 1.11. The molecule has 4 heteroatoms. The lowest BCUT2D eigenvalue weighted by molar-refractivity contribution is 1.02. The van der Waals surface area contributed by atoms with Crippen molar-refractivity contribution >= 4 is 22.8 Å². The summed E-state index contributed by atoms with van der Waals surface area (Å²) in [6.45, 7) is 0. The molecule has 0 aliphatic carbocycles. The van der Waals surface area contributed by atoms with Crippen molar-refractivity contribution in [2.45, 2.75) is 0 Å². The van der Waals surface area contributed by atoms with Gasteiger partial charge in [0.05, 0.1) is 6.20 Å². The van der Waals surface area contributed by atoms with Gasteiger partial charge in [-0.2, -0.15) is 9.30 Å². The van der Waals surface area contributed by atoms with Crippen LogP contribution in [0.2, 0.25) is 0 Å². The Hall–Kier alpha value is -1.09. The van der Waals surface area contributed by atoms with Crippen molar-refractivity contribution < 1.29 is 0 Å². The van der Waals surface area contributed by atoms with Gasteiger partial charge in [0.2, 0.25) is 0 Å². The van der Waals surface area contributed by atoms with Crippen molar-refractivity contribution in [2.75, 3.05) is 0 Å². The minimum Gasteiger partial charge on any atom is -0.253 e. The summed E-state index contributed by atoms with van der Waals surface area (Å²) in [5, 5.41) is 3.93. The molecule has 0 saturated carbocycles. The second kappa shape index (κ2) is 1.95. The molecule has 0 radical (unpaired) electrons. The van der Waals surface area contributed by atoms with Crippen LogP contribution < -0.4 is 0 Å². The maximum atomic E-state index is 5.55. The van der Waals surface area contributed by atoms with Crippen LogP contribution in [0.3, 0.4) is 0 Å². The summed E-state index contributed by atoms with van der Waals surface area (Å²) in [5.74, 6) is 0. The zero-order chi connectivity index (χ0) is 6.97. The van der Waals surface area contributed by atoms with Gasteiger partial charge in [-0.1, -0.05) is 0 Å². The van der Waals surface area contributed by atoms with E-state index in [-0.39, 0.29) is 0 Å². The van der Waals surface area contributed by atoms with Crippen LogP contribution in [0.15, 0.2) is 24.5 Å². The number of hydrogen-bond donors (Lipinski definition) is 0. The van der Waals surface area contributed by atoms with E-state index in [1.165, 1.54) is 4.20 Å². The Morgan fingerprint density at radius 2 is 2.30 bits per heavy atom. The third kappa shape index (κ3) is 0.752. The van der Waals surface area contributed by atoms with Gasteiger partial charge >= 0.3 is 0 Å². The molecule has 0 N–H and O–H groups in total. The lowest BCUT2D eigenvalue weighted by Gasteiger charge is -1.79. The first-order valence-electron chi connectivity index (χ1n) is 2.83. The molecule has 3 nitrogen and oxygen atoms in total. The van der Waals surface area contributed by atoms with E-state index < -0.39 is 0 Å². The van der Waals surface area contributed by atoms with Gasteiger partial charge in [-0.15, -0.1) is 0 Å². The Balaban J connectivity index is 2.88. The number of aromatic nitrogens is 3. The summed E-state index contributed by atoms with van der Waals surface area (Å²) < 4.78 is 1.23. The smallest absolute Gasteiger partial charge is 0.112 e. The molecule has 50 valence electrons. The van der Waals surface area contributed by atoms with E-state index >= 15 is 0 Å². The summed E-state index contributed by atoms with van der Waals surface area (Å²) in [6, 6.07) is 3.69. The second-order valence-electron chi connectivity index (χ2n) is 1.93. The van der Waals surface area contributed by atoms with Crippen LogP contribution in [0, 0.1) is 0 Å². The highest BCUT2D eigenvalue weighted by molar-refractivity contribution is 6.15. The van der Waals surface area contributed by atoms with Crippen molar-refractivity contribution in [3.63, 3.8) is 0 Å². The van der Waals surface area contributed by atoms with Crippen molar-refractivity contribution in [1.29, 1.82) is 0 Å². The highest BCUT2D eigenvalue weighted by Crippen LogP contribution is 2.07. The first-order valence-corrected chi connectivity index (χ1v) is 3.16. The van der Waals surface area contributed by atoms with Crippen LogP contribution in [-0.4, -0.2) is 14.3 Å². The van der Waals surface area contributed by atoms with Crippen molar-refractivity contribution in [1.82, 2.24) is 14.3 Å². The summed E-state index contributed by atoms with van der Waals surface area (Å²) in [4.78, 5) is 4.03. The molecule has 2 heterocycles. The molecular weight excluding hydrogens is 150 g/mol. The average molecular weight is 154 g/mol. The average Bonchev–Trinajstić information content (AvgIpc) is 2.27. The number of nitrogens with zero attached hydrogens (tertiary/aromatic N) is 3. The molecule has 0 bridgehead atoms. The Morgan fingerprint density at radius 3 is 3.10 bits per heavy atom. The maximum Gasteiger partial charge on any atom is 0.112 e. The van der Waals surface area contributed by atoms with E-state index in [0.717, 1.165) is 11.0 Å². The molecule has 0 atom stereocenters. The van der Waals surface area contributed by atoms with Gasteiger partial charge in [0.25, 0.3) is 0 Å². The van der Waals surface area contributed by atoms with Crippen LogP contribution >= 0.6 is 11.8 Å². The molecule has 0 spiro atoms. The zero-order valence-electron chi connectivity index (χ0n) is 5.03. The summed E-state index contributed by atoms with van der Waals surface area (Å²) in [5.41, 5.74) is 1.63. The zero-order valence-corrected chi connectivity index (χ0v) is 5.78. The molecule has 0 saturated heterocycles. The Labute approximate surface area is 62.4 Å². The monoisotopic (exact) mass is 153 g/mol. The Morgan fingerprint density at radius 1 is 1.40 bits per heavy atom. The fourth-order valence-electron chi connectivity index (χ4n) is 0.826. The van der Waals surface area contributed by atoms with Crippen molar-refractivity contribution in [3.8, 4) is 0 Å². The maximum absolute atomic E-state index is 5.55. The number of fused-ring (bicyclic) bond motifs is 1. The lowest BCUT2D eigenvalue weighted by Crippen LogP contribution is -1.75. The fourth-order valence-corrected chi connectivity index (χ4v) is 1.000. The fraction of sp³-hybridized carbons (Fsp3) is 0. The van der Waals surface area contributed by atoms with Crippen LogP contribution in [0.1, 0.15) is 0 Å². The second-order valence-corrected chi connectivity index (χ2v) is 2.27. The topological polar surface area (TPSA) is 30.7 Å². The molecule has 0 aliphatic heterocycles. The molecule has 10 heavy (non-hydrogen) atoms. The molecule has 2 aromatic heterocycles. The largest absolute Gasteiger partial charge is 0.253 e. The SMILES string of the molecule is Cln1cc2ncccc2n1. The molecule has 0 amide bonds. The molecule has 2 rings (SSSR count). The van der Waals surface area contributed by atoms with Crippen LogP contribution in [0.4, 0.5) is 0 Å². The predicted molar refractivity (Wildman–Crippen MR) is 38.8 cm³/mol. The molecule has 0 aromatic carbocycles.